The van der Waals surface area contributed by atoms with Gasteiger partial charge >= 0.3 is 0 Å². The first-order chi connectivity index (χ1) is 8.65. The molecule has 1 rings (SSSR count). The van der Waals surface area contributed by atoms with Crippen LogP contribution < -0.4 is 14.2 Å². The number of hydrogen-bond donors (Lipinski definition) is 0. The van der Waals surface area contributed by atoms with Crippen molar-refractivity contribution in [3.05, 3.63) is 17.7 Å². The molecular weight excluding hydrogens is 256 g/mol. The maximum atomic E-state index is 11.7. The molecule has 4 nitrogen and oxygen atoms in total. The highest BCUT2D eigenvalue weighted by Crippen LogP contribution is 2.34. The lowest BCUT2D eigenvalue weighted by Crippen LogP contribution is -2.07. The number of halogens is 1. The van der Waals surface area contributed by atoms with Gasteiger partial charge in [-0.25, -0.2) is 0 Å². The average molecular weight is 273 g/mol. The van der Waals surface area contributed by atoms with Crippen LogP contribution in [-0.4, -0.2) is 33.0 Å². The first-order valence-corrected chi connectivity index (χ1v) is 6.06. The lowest BCUT2D eigenvalue weighted by molar-refractivity contribution is -0.118. The summed E-state index contributed by atoms with van der Waals surface area (Å²) in [6.45, 7) is 0. The number of alkyl halides is 1. The van der Waals surface area contributed by atoms with Crippen LogP contribution in [0.5, 0.6) is 17.2 Å². The van der Waals surface area contributed by atoms with E-state index in [4.69, 9.17) is 25.8 Å². The Morgan fingerprint density at radius 1 is 1.11 bits per heavy atom. The summed E-state index contributed by atoms with van der Waals surface area (Å²) in [5, 5.41) is 0. The van der Waals surface area contributed by atoms with Crippen molar-refractivity contribution in [3.8, 4) is 17.2 Å². The molecule has 5 heteroatoms. The molecular formula is C13H17ClO4. The van der Waals surface area contributed by atoms with Crippen LogP contribution in [0, 0.1) is 0 Å². The zero-order valence-corrected chi connectivity index (χ0v) is 11.5. The van der Waals surface area contributed by atoms with E-state index in [0.717, 1.165) is 5.56 Å². The fourth-order valence-corrected chi connectivity index (χ4v) is 1.85. The number of hydrogen-bond acceptors (Lipinski definition) is 4. The van der Waals surface area contributed by atoms with Gasteiger partial charge in [-0.05, 0) is 0 Å². The lowest BCUT2D eigenvalue weighted by atomic mass is 10.0. The molecule has 1 aromatic rings. The Morgan fingerprint density at radius 2 is 1.67 bits per heavy atom. The largest absolute Gasteiger partial charge is 0.496 e. The molecule has 1 aromatic carbocycles. The summed E-state index contributed by atoms with van der Waals surface area (Å²) in [6.07, 6.45) is 0.572. The van der Waals surface area contributed by atoms with Crippen molar-refractivity contribution < 1.29 is 19.0 Å². The van der Waals surface area contributed by atoms with Gasteiger partial charge in [0.2, 0.25) is 0 Å². The van der Waals surface area contributed by atoms with Crippen molar-refractivity contribution in [2.45, 2.75) is 12.8 Å². The third-order valence-electron chi connectivity index (χ3n) is 2.56. The minimum Gasteiger partial charge on any atom is -0.496 e. The minimum absolute atomic E-state index is 0.0479. The molecule has 100 valence electrons. The Balaban J connectivity index is 3.10. The van der Waals surface area contributed by atoms with Crippen molar-refractivity contribution in [3.63, 3.8) is 0 Å². The third-order valence-corrected chi connectivity index (χ3v) is 2.75. The highest BCUT2D eigenvalue weighted by Gasteiger charge is 2.16. The molecule has 0 saturated heterocycles. The molecule has 18 heavy (non-hydrogen) atoms. The number of carbonyl (C=O) groups excluding carboxylic acids is 1. The number of Topliss-reactive ketones (excluding diaryl/α,β-unsaturated/α-hetero) is 1. The first kappa shape index (κ1) is 14.6. The van der Waals surface area contributed by atoms with E-state index in [9.17, 15) is 4.79 Å². The quantitative estimate of drug-likeness (QED) is 0.715. The molecule has 0 aliphatic carbocycles. The van der Waals surface area contributed by atoms with E-state index in [-0.39, 0.29) is 12.2 Å². The number of ketones is 1. The normalized spacial score (nSPS) is 10.0. The topological polar surface area (TPSA) is 44.8 Å². The predicted molar refractivity (Wildman–Crippen MR) is 70.1 cm³/mol. The van der Waals surface area contributed by atoms with Gasteiger partial charge in [0.1, 0.15) is 23.0 Å². The van der Waals surface area contributed by atoms with Crippen molar-refractivity contribution >= 4 is 17.4 Å². The first-order valence-electron chi connectivity index (χ1n) is 5.52. The standard InChI is InChI=1S/C13H17ClO4/c1-16-10-7-12(17-2)11(13(8-10)18-3)6-9(15)4-5-14/h7-8H,4-6H2,1-3H3. The van der Waals surface area contributed by atoms with Crippen LogP contribution in [-0.2, 0) is 11.2 Å². The molecule has 0 unspecified atom stereocenters. The zero-order chi connectivity index (χ0) is 13.5. The summed E-state index contributed by atoms with van der Waals surface area (Å²) >= 11 is 5.55. The number of methoxy groups -OCH3 is 3. The maximum absolute atomic E-state index is 11.7. The second-order valence-corrected chi connectivity index (χ2v) is 4.04. The maximum Gasteiger partial charge on any atom is 0.138 e. The second kappa shape index (κ2) is 7.11. The van der Waals surface area contributed by atoms with Crippen LogP contribution in [0.3, 0.4) is 0 Å². The van der Waals surface area contributed by atoms with Gasteiger partial charge in [-0.1, -0.05) is 0 Å². The highest BCUT2D eigenvalue weighted by atomic mass is 35.5. The number of rotatable bonds is 7. The molecule has 0 aliphatic rings. The predicted octanol–water partition coefficient (Wildman–Crippen LogP) is 2.45. The number of ether oxygens (including phenoxy) is 3. The molecule has 0 fully saturated rings. The SMILES string of the molecule is COc1cc(OC)c(CC(=O)CCCl)c(OC)c1. The van der Waals surface area contributed by atoms with E-state index in [1.807, 2.05) is 0 Å². The Kier molecular flexibility index (Phi) is 5.78. The Labute approximate surface area is 112 Å². The van der Waals surface area contributed by atoms with Crippen LogP contribution in [0.2, 0.25) is 0 Å². The molecule has 0 spiro atoms. The van der Waals surface area contributed by atoms with Gasteiger partial charge in [0.15, 0.2) is 0 Å². The van der Waals surface area contributed by atoms with Crippen LogP contribution in [0.4, 0.5) is 0 Å². The van der Waals surface area contributed by atoms with E-state index in [1.165, 1.54) is 0 Å². The molecule has 0 N–H and O–H groups in total. The zero-order valence-electron chi connectivity index (χ0n) is 10.8. The van der Waals surface area contributed by atoms with Crippen molar-refractivity contribution in [2.75, 3.05) is 27.2 Å². The summed E-state index contributed by atoms with van der Waals surface area (Å²) in [6, 6.07) is 3.46. The van der Waals surface area contributed by atoms with E-state index in [1.54, 1.807) is 33.5 Å². The summed E-state index contributed by atoms with van der Waals surface area (Å²) < 4.78 is 15.7. The lowest BCUT2D eigenvalue weighted by Gasteiger charge is -2.14. The van der Waals surface area contributed by atoms with Crippen molar-refractivity contribution in [2.24, 2.45) is 0 Å². The van der Waals surface area contributed by atoms with E-state index < -0.39 is 0 Å². The average Bonchev–Trinajstić information content (AvgIpc) is 2.39. The van der Waals surface area contributed by atoms with Gasteiger partial charge in [-0.3, -0.25) is 4.79 Å². The summed E-state index contributed by atoms with van der Waals surface area (Å²) in [7, 11) is 4.65. The Bertz CT molecular complexity index is 392. The highest BCUT2D eigenvalue weighted by molar-refractivity contribution is 6.19. The molecule has 0 atom stereocenters. The molecule has 0 aliphatic heterocycles. The monoisotopic (exact) mass is 272 g/mol. The van der Waals surface area contributed by atoms with E-state index in [0.29, 0.717) is 29.5 Å². The second-order valence-electron chi connectivity index (χ2n) is 3.66. The fraction of sp³-hybridized carbons (Fsp3) is 0.462. The molecule has 0 aromatic heterocycles. The van der Waals surface area contributed by atoms with Crippen LogP contribution in [0.15, 0.2) is 12.1 Å². The van der Waals surface area contributed by atoms with Crippen LogP contribution >= 0.6 is 11.6 Å². The van der Waals surface area contributed by atoms with Gasteiger partial charge in [0, 0.05) is 36.4 Å². The minimum atomic E-state index is 0.0479. The van der Waals surface area contributed by atoms with Gasteiger partial charge in [0.25, 0.3) is 0 Å². The third kappa shape index (κ3) is 3.53. The van der Waals surface area contributed by atoms with Gasteiger partial charge < -0.3 is 14.2 Å². The molecule has 0 radical (unpaired) electrons. The number of carbonyl (C=O) groups is 1. The van der Waals surface area contributed by atoms with Gasteiger partial charge in [0.05, 0.1) is 21.3 Å². The smallest absolute Gasteiger partial charge is 0.138 e. The summed E-state index contributed by atoms with van der Waals surface area (Å²) in [5.74, 6) is 2.15. The van der Waals surface area contributed by atoms with Gasteiger partial charge in [-0.15, -0.1) is 11.6 Å². The van der Waals surface area contributed by atoms with Crippen LogP contribution in [0.1, 0.15) is 12.0 Å². The molecule has 0 heterocycles. The van der Waals surface area contributed by atoms with E-state index >= 15 is 0 Å². The summed E-state index contributed by atoms with van der Waals surface area (Å²) in [5.41, 5.74) is 0.718. The number of benzene rings is 1. The molecule has 0 saturated carbocycles. The van der Waals surface area contributed by atoms with Crippen molar-refractivity contribution in [1.29, 1.82) is 0 Å². The van der Waals surface area contributed by atoms with Crippen LogP contribution in [0.25, 0.3) is 0 Å². The van der Waals surface area contributed by atoms with Crippen molar-refractivity contribution in [1.82, 2.24) is 0 Å². The van der Waals surface area contributed by atoms with Gasteiger partial charge in [-0.2, -0.15) is 0 Å². The molecule has 0 bridgehead atoms. The summed E-state index contributed by atoms with van der Waals surface area (Å²) in [4.78, 5) is 11.7. The fourth-order valence-electron chi connectivity index (χ4n) is 1.64. The van der Waals surface area contributed by atoms with E-state index in [2.05, 4.69) is 0 Å². The molecule has 0 amide bonds. The Morgan fingerprint density at radius 3 is 2.06 bits per heavy atom. The Hall–Kier alpha value is -1.42.